The van der Waals surface area contributed by atoms with Gasteiger partial charge in [-0.15, -0.1) is 0 Å². The van der Waals surface area contributed by atoms with E-state index >= 15 is 0 Å². The largest absolute Gasteiger partial charge is 0.378 e. The van der Waals surface area contributed by atoms with E-state index in [0.29, 0.717) is 13.2 Å². The summed E-state index contributed by atoms with van der Waals surface area (Å²) in [6.45, 7) is 2.21. The molecule has 6 nitrogen and oxygen atoms in total. The van der Waals surface area contributed by atoms with Gasteiger partial charge in [0.15, 0.2) is 0 Å². The van der Waals surface area contributed by atoms with Crippen LogP contribution in [0.1, 0.15) is 0 Å². The number of hydrogen-bond donors (Lipinski definition) is 3. The third kappa shape index (κ3) is 3.98. The van der Waals surface area contributed by atoms with Crippen molar-refractivity contribution in [2.45, 2.75) is 6.04 Å². The first-order chi connectivity index (χ1) is 5.58. The molecule has 0 aliphatic carbocycles. The molecular formula is C5H13N3O3S. The first-order valence-corrected chi connectivity index (χ1v) is 5.21. The summed E-state index contributed by atoms with van der Waals surface area (Å²) in [6, 6.07) is 0.0251. The fourth-order valence-electron chi connectivity index (χ4n) is 0.968. The third-order valence-electron chi connectivity index (χ3n) is 1.53. The average molecular weight is 195 g/mol. The van der Waals surface area contributed by atoms with Crippen LogP contribution in [0.25, 0.3) is 0 Å². The normalized spacial score (nSPS) is 25.6. The summed E-state index contributed by atoms with van der Waals surface area (Å²) in [6.07, 6.45) is 0. The average Bonchev–Trinajstić information content (AvgIpc) is 2.02. The lowest BCUT2D eigenvalue weighted by atomic mass is 10.3. The van der Waals surface area contributed by atoms with E-state index in [9.17, 15) is 8.42 Å². The van der Waals surface area contributed by atoms with E-state index < -0.39 is 10.2 Å². The van der Waals surface area contributed by atoms with Crippen LogP contribution in [0, 0.1) is 0 Å². The minimum Gasteiger partial charge on any atom is -0.378 e. The molecule has 1 atom stereocenters. The molecule has 1 unspecified atom stereocenters. The number of nitrogens with one attached hydrogen (secondary N) is 2. The lowest BCUT2D eigenvalue weighted by Gasteiger charge is -2.23. The summed E-state index contributed by atoms with van der Waals surface area (Å²) in [4.78, 5) is 0. The zero-order chi connectivity index (χ0) is 9.03. The van der Waals surface area contributed by atoms with Crippen molar-refractivity contribution in [2.75, 3.05) is 26.3 Å². The maximum absolute atomic E-state index is 10.5. The minimum atomic E-state index is -3.57. The molecule has 0 spiro atoms. The van der Waals surface area contributed by atoms with Crippen LogP contribution in [-0.2, 0) is 14.9 Å². The predicted octanol–water partition coefficient (Wildman–Crippen LogP) is -2.23. The molecule has 1 saturated heterocycles. The summed E-state index contributed by atoms with van der Waals surface area (Å²) in [5.74, 6) is 0. The number of rotatable bonds is 3. The molecule has 0 bridgehead atoms. The van der Waals surface area contributed by atoms with Crippen LogP contribution in [-0.4, -0.2) is 40.8 Å². The van der Waals surface area contributed by atoms with Gasteiger partial charge in [0.2, 0.25) is 0 Å². The Balaban J connectivity index is 2.22. The molecular weight excluding hydrogens is 182 g/mol. The summed E-state index contributed by atoms with van der Waals surface area (Å²) >= 11 is 0. The van der Waals surface area contributed by atoms with Gasteiger partial charge in [0.1, 0.15) is 0 Å². The standard InChI is InChI=1S/C5H13N3O3S/c6-12(9,10)8-3-5-4-11-2-1-7-5/h5,7-8H,1-4H2,(H2,6,9,10). The maximum atomic E-state index is 10.5. The Bertz CT molecular complexity index is 222. The van der Waals surface area contributed by atoms with Crippen molar-refractivity contribution in [2.24, 2.45) is 5.14 Å². The predicted molar refractivity (Wildman–Crippen MR) is 43.7 cm³/mol. The number of nitrogens with two attached hydrogens (primary N) is 1. The van der Waals surface area contributed by atoms with E-state index in [1.54, 1.807) is 0 Å². The Morgan fingerprint density at radius 2 is 2.42 bits per heavy atom. The quantitative estimate of drug-likeness (QED) is 0.475. The molecule has 7 heteroatoms. The maximum Gasteiger partial charge on any atom is 0.274 e. The van der Waals surface area contributed by atoms with Gasteiger partial charge in [-0.05, 0) is 0 Å². The summed E-state index contributed by atoms with van der Waals surface area (Å²) in [5, 5.41) is 7.83. The zero-order valence-corrected chi connectivity index (χ0v) is 7.43. The molecule has 0 saturated carbocycles. The summed E-state index contributed by atoms with van der Waals surface area (Å²) < 4.78 is 28.3. The van der Waals surface area contributed by atoms with Crippen LogP contribution >= 0.6 is 0 Å². The topological polar surface area (TPSA) is 93.5 Å². The van der Waals surface area contributed by atoms with Crippen molar-refractivity contribution < 1.29 is 13.2 Å². The molecule has 1 rings (SSSR count). The smallest absolute Gasteiger partial charge is 0.274 e. The Morgan fingerprint density at radius 1 is 1.67 bits per heavy atom. The van der Waals surface area contributed by atoms with E-state index in [-0.39, 0.29) is 12.6 Å². The molecule has 0 aromatic rings. The Hall–Kier alpha value is -0.210. The van der Waals surface area contributed by atoms with Gasteiger partial charge in [0, 0.05) is 19.1 Å². The second-order valence-electron chi connectivity index (χ2n) is 2.62. The highest BCUT2D eigenvalue weighted by Gasteiger charge is 2.14. The van der Waals surface area contributed by atoms with Crippen LogP contribution in [0.2, 0.25) is 0 Å². The SMILES string of the molecule is NS(=O)(=O)NCC1COCCN1. The minimum absolute atomic E-state index is 0.0251. The van der Waals surface area contributed by atoms with Crippen molar-refractivity contribution >= 4 is 10.2 Å². The monoisotopic (exact) mass is 195 g/mol. The van der Waals surface area contributed by atoms with Gasteiger partial charge < -0.3 is 10.1 Å². The first-order valence-electron chi connectivity index (χ1n) is 3.66. The first kappa shape index (κ1) is 9.87. The molecule has 0 aromatic carbocycles. The van der Waals surface area contributed by atoms with Crippen LogP contribution in [0.15, 0.2) is 0 Å². The molecule has 72 valence electrons. The van der Waals surface area contributed by atoms with Crippen LogP contribution in [0.4, 0.5) is 0 Å². The van der Waals surface area contributed by atoms with Crippen molar-refractivity contribution in [3.8, 4) is 0 Å². The van der Waals surface area contributed by atoms with Gasteiger partial charge >= 0.3 is 0 Å². The molecule has 0 radical (unpaired) electrons. The summed E-state index contributed by atoms with van der Waals surface area (Å²) in [5.41, 5.74) is 0. The van der Waals surface area contributed by atoms with Crippen LogP contribution in [0.3, 0.4) is 0 Å². The van der Waals surface area contributed by atoms with Crippen molar-refractivity contribution in [3.05, 3.63) is 0 Å². The number of ether oxygens (including phenoxy) is 1. The lowest BCUT2D eigenvalue weighted by Crippen LogP contribution is -2.49. The van der Waals surface area contributed by atoms with Gasteiger partial charge in [-0.2, -0.15) is 8.42 Å². The molecule has 1 fully saturated rings. The van der Waals surface area contributed by atoms with Crippen LogP contribution < -0.4 is 15.2 Å². The van der Waals surface area contributed by atoms with E-state index in [1.807, 2.05) is 0 Å². The van der Waals surface area contributed by atoms with Gasteiger partial charge in [0.05, 0.1) is 13.2 Å². The van der Waals surface area contributed by atoms with Gasteiger partial charge in [-0.25, -0.2) is 9.86 Å². The van der Waals surface area contributed by atoms with Gasteiger partial charge in [-0.3, -0.25) is 0 Å². The van der Waals surface area contributed by atoms with E-state index in [0.717, 1.165) is 6.54 Å². The lowest BCUT2D eigenvalue weighted by molar-refractivity contribution is 0.0784. The molecule has 1 aliphatic heterocycles. The highest BCUT2D eigenvalue weighted by molar-refractivity contribution is 7.87. The summed E-state index contributed by atoms with van der Waals surface area (Å²) in [7, 11) is -3.57. The van der Waals surface area contributed by atoms with Crippen molar-refractivity contribution in [1.29, 1.82) is 0 Å². The Morgan fingerprint density at radius 3 is 2.92 bits per heavy atom. The molecule has 12 heavy (non-hydrogen) atoms. The van der Waals surface area contributed by atoms with E-state index in [2.05, 4.69) is 10.0 Å². The fourth-order valence-corrected chi connectivity index (χ4v) is 1.40. The molecule has 4 N–H and O–H groups in total. The highest BCUT2D eigenvalue weighted by atomic mass is 32.2. The van der Waals surface area contributed by atoms with E-state index in [4.69, 9.17) is 9.88 Å². The van der Waals surface area contributed by atoms with Gasteiger partial charge in [-0.1, -0.05) is 0 Å². The second kappa shape index (κ2) is 4.15. The van der Waals surface area contributed by atoms with Crippen molar-refractivity contribution in [1.82, 2.24) is 10.0 Å². The highest BCUT2D eigenvalue weighted by Crippen LogP contribution is 1.90. The number of hydrogen-bond acceptors (Lipinski definition) is 4. The molecule has 0 amide bonds. The molecule has 1 aliphatic rings. The van der Waals surface area contributed by atoms with Crippen molar-refractivity contribution in [3.63, 3.8) is 0 Å². The third-order valence-corrected chi connectivity index (χ3v) is 2.10. The number of morpholine rings is 1. The fraction of sp³-hybridized carbons (Fsp3) is 1.00. The van der Waals surface area contributed by atoms with Gasteiger partial charge in [0.25, 0.3) is 10.2 Å². The molecule has 1 heterocycles. The molecule has 0 aromatic heterocycles. The Labute approximate surface area is 71.6 Å². The van der Waals surface area contributed by atoms with E-state index in [1.165, 1.54) is 0 Å². The second-order valence-corrected chi connectivity index (χ2v) is 4.00. The Kier molecular flexibility index (Phi) is 3.41. The van der Waals surface area contributed by atoms with Crippen LogP contribution in [0.5, 0.6) is 0 Å². The zero-order valence-electron chi connectivity index (χ0n) is 6.62.